The number of carbonyl (C=O) groups is 1. The molecule has 0 aliphatic rings. The zero-order valence-electron chi connectivity index (χ0n) is 12.0. The predicted octanol–water partition coefficient (Wildman–Crippen LogP) is 4.25. The highest BCUT2D eigenvalue weighted by atomic mass is 16.1. The van der Waals surface area contributed by atoms with Crippen molar-refractivity contribution in [3.05, 3.63) is 41.5 Å². The Morgan fingerprint density at radius 2 is 1.75 bits per heavy atom. The molecule has 1 aromatic rings. The lowest BCUT2D eigenvalue weighted by atomic mass is 10.1. The van der Waals surface area contributed by atoms with Crippen LogP contribution in [-0.2, 0) is 4.79 Å². The molecule has 0 bridgehead atoms. The second kappa shape index (κ2) is 10.7. The Morgan fingerprint density at radius 3 is 2.45 bits per heavy atom. The lowest BCUT2D eigenvalue weighted by Crippen LogP contribution is -1.81. The van der Waals surface area contributed by atoms with E-state index in [1.165, 1.54) is 0 Å². The van der Waals surface area contributed by atoms with Gasteiger partial charge in [-0.05, 0) is 24.5 Å². The van der Waals surface area contributed by atoms with Gasteiger partial charge in [-0.2, -0.15) is 0 Å². The quantitative estimate of drug-likeness (QED) is 0.336. The van der Waals surface area contributed by atoms with E-state index in [0.29, 0.717) is 5.57 Å². The van der Waals surface area contributed by atoms with Gasteiger partial charge in [0.05, 0.1) is 5.57 Å². The number of carbonyl (C=O) groups excluding carboxylic acids is 1. The Hall–Kier alpha value is -2.25. The van der Waals surface area contributed by atoms with E-state index in [1.54, 1.807) is 6.08 Å². The van der Waals surface area contributed by atoms with E-state index in [4.69, 9.17) is 0 Å². The van der Waals surface area contributed by atoms with E-state index in [1.807, 2.05) is 30.3 Å². The minimum Gasteiger partial charge on any atom is -0.297 e. The van der Waals surface area contributed by atoms with E-state index in [9.17, 15) is 4.79 Å². The molecular formula is C19H20O. The fourth-order valence-corrected chi connectivity index (χ4v) is 1.56. The van der Waals surface area contributed by atoms with Gasteiger partial charge >= 0.3 is 0 Å². The molecule has 0 heterocycles. The Kier molecular flexibility index (Phi) is 8.42. The zero-order valence-corrected chi connectivity index (χ0v) is 12.0. The number of hydrogen-bond acceptors (Lipinski definition) is 1. The van der Waals surface area contributed by atoms with E-state index in [0.717, 1.165) is 44.0 Å². The standard InChI is InChI=1S/C19H20O/c1-2-3-4-5-6-7-8-10-15-19(17-20)16-18-13-11-9-12-14-18/h9,11-14,16-17H,2-3,6-8H2,1H3/b19-16+. The first-order valence-electron chi connectivity index (χ1n) is 7.03. The van der Waals surface area contributed by atoms with Gasteiger partial charge in [0.1, 0.15) is 0 Å². The Bertz CT molecular complexity index is 544. The molecule has 0 aliphatic heterocycles. The van der Waals surface area contributed by atoms with Crippen LogP contribution in [0.1, 0.15) is 44.6 Å². The summed E-state index contributed by atoms with van der Waals surface area (Å²) in [4.78, 5) is 11.0. The predicted molar refractivity (Wildman–Crippen MR) is 84.8 cm³/mol. The molecule has 20 heavy (non-hydrogen) atoms. The van der Waals surface area contributed by atoms with Crippen molar-refractivity contribution in [1.29, 1.82) is 0 Å². The average Bonchev–Trinajstić information content (AvgIpc) is 2.49. The second-order valence-corrected chi connectivity index (χ2v) is 4.39. The highest BCUT2D eigenvalue weighted by molar-refractivity contribution is 5.87. The van der Waals surface area contributed by atoms with Crippen molar-refractivity contribution in [2.24, 2.45) is 0 Å². The van der Waals surface area contributed by atoms with Crippen LogP contribution in [0.4, 0.5) is 0 Å². The summed E-state index contributed by atoms with van der Waals surface area (Å²) in [6.07, 6.45) is 7.32. The Balaban J connectivity index is 2.43. The Labute approximate surface area is 122 Å². The molecule has 102 valence electrons. The molecule has 0 spiro atoms. The van der Waals surface area contributed by atoms with Gasteiger partial charge < -0.3 is 0 Å². The first-order chi connectivity index (χ1) is 9.86. The minimum atomic E-state index is 0.522. The number of benzene rings is 1. The lowest BCUT2D eigenvalue weighted by molar-refractivity contribution is -0.104. The van der Waals surface area contributed by atoms with Crippen molar-refractivity contribution >= 4 is 12.4 Å². The summed E-state index contributed by atoms with van der Waals surface area (Å²) in [5.41, 5.74) is 1.52. The molecule has 0 saturated heterocycles. The summed E-state index contributed by atoms with van der Waals surface area (Å²) < 4.78 is 0. The SMILES string of the molecule is CCCC#CCCCC#C/C(C=O)=C\c1ccccc1. The van der Waals surface area contributed by atoms with Crippen LogP contribution in [0.3, 0.4) is 0 Å². The molecule has 0 amide bonds. The molecular weight excluding hydrogens is 244 g/mol. The molecule has 1 nitrogen and oxygen atoms in total. The van der Waals surface area contributed by atoms with Crippen LogP contribution in [0.5, 0.6) is 0 Å². The number of allylic oxidation sites excluding steroid dienone is 1. The molecule has 0 atom stereocenters. The largest absolute Gasteiger partial charge is 0.297 e. The molecule has 1 heteroatoms. The van der Waals surface area contributed by atoms with Crippen molar-refractivity contribution in [1.82, 2.24) is 0 Å². The van der Waals surface area contributed by atoms with Crippen LogP contribution in [0, 0.1) is 23.7 Å². The minimum absolute atomic E-state index is 0.522. The molecule has 0 radical (unpaired) electrons. The first-order valence-corrected chi connectivity index (χ1v) is 7.03. The number of unbranched alkanes of at least 4 members (excludes halogenated alkanes) is 3. The normalized spacial score (nSPS) is 9.95. The summed E-state index contributed by atoms with van der Waals surface area (Å²) in [5.74, 6) is 12.2. The Morgan fingerprint density at radius 1 is 1.05 bits per heavy atom. The third-order valence-corrected chi connectivity index (χ3v) is 2.58. The molecule has 1 rings (SSSR count). The monoisotopic (exact) mass is 264 g/mol. The first kappa shape index (κ1) is 15.8. The molecule has 0 N–H and O–H groups in total. The van der Waals surface area contributed by atoms with Gasteiger partial charge in [-0.15, -0.1) is 11.8 Å². The molecule has 0 unspecified atom stereocenters. The van der Waals surface area contributed by atoms with Crippen molar-refractivity contribution in [3.63, 3.8) is 0 Å². The summed E-state index contributed by atoms with van der Waals surface area (Å²) in [5, 5.41) is 0. The van der Waals surface area contributed by atoms with Crippen molar-refractivity contribution < 1.29 is 4.79 Å². The molecule has 1 aromatic carbocycles. The van der Waals surface area contributed by atoms with Crippen molar-refractivity contribution in [2.75, 3.05) is 0 Å². The maximum absolute atomic E-state index is 11.0. The fourth-order valence-electron chi connectivity index (χ4n) is 1.56. The summed E-state index contributed by atoms with van der Waals surface area (Å²) in [6.45, 7) is 2.13. The maximum Gasteiger partial charge on any atom is 0.158 e. The number of rotatable bonds is 5. The van der Waals surface area contributed by atoms with Gasteiger partial charge in [-0.3, -0.25) is 4.79 Å². The highest BCUT2D eigenvalue weighted by Crippen LogP contribution is 2.04. The van der Waals surface area contributed by atoms with Crippen molar-refractivity contribution in [2.45, 2.75) is 39.0 Å². The number of hydrogen-bond donors (Lipinski definition) is 0. The summed E-state index contributed by atoms with van der Waals surface area (Å²) in [6, 6.07) is 9.74. The topological polar surface area (TPSA) is 17.1 Å². The van der Waals surface area contributed by atoms with Crippen LogP contribution in [0.25, 0.3) is 6.08 Å². The molecule has 0 aromatic heterocycles. The van der Waals surface area contributed by atoms with Gasteiger partial charge in [0.25, 0.3) is 0 Å². The van der Waals surface area contributed by atoms with Gasteiger partial charge in [-0.1, -0.05) is 49.1 Å². The third kappa shape index (κ3) is 7.24. The number of aldehydes is 1. The zero-order chi connectivity index (χ0) is 14.5. The highest BCUT2D eigenvalue weighted by Gasteiger charge is 1.90. The fraction of sp³-hybridized carbons (Fsp3) is 0.316. The van der Waals surface area contributed by atoms with E-state index in [2.05, 4.69) is 30.6 Å². The maximum atomic E-state index is 11.0. The van der Waals surface area contributed by atoms with Crippen molar-refractivity contribution in [3.8, 4) is 23.7 Å². The van der Waals surface area contributed by atoms with Crippen LogP contribution < -0.4 is 0 Å². The lowest BCUT2D eigenvalue weighted by Gasteiger charge is -1.91. The second-order valence-electron chi connectivity index (χ2n) is 4.39. The summed E-state index contributed by atoms with van der Waals surface area (Å²) in [7, 11) is 0. The van der Waals surface area contributed by atoms with Gasteiger partial charge in [0, 0.05) is 19.3 Å². The van der Waals surface area contributed by atoms with Crippen LogP contribution in [-0.4, -0.2) is 6.29 Å². The van der Waals surface area contributed by atoms with Gasteiger partial charge in [0.2, 0.25) is 0 Å². The van der Waals surface area contributed by atoms with E-state index < -0.39 is 0 Å². The average molecular weight is 264 g/mol. The smallest absolute Gasteiger partial charge is 0.158 e. The van der Waals surface area contributed by atoms with Crippen LogP contribution >= 0.6 is 0 Å². The molecule has 0 aliphatic carbocycles. The molecule has 0 fully saturated rings. The third-order valence-electron chi connectivity index (χ3n) is 2.58. The summed E-state index contributed by atoms with van der Waals surface area (Å²) >= 11 is 0. The van der Waals surface area contributed by atoms with Gasteiger partial charge in [0.15, 0.2) is 6.29 Å². The van der Waals surface area contributed by atoms with Crippen LogP contribution in [0.15, 0.2) is 35.9 Å². The molecule has 0 saturated carbocycles. The van der Waals surface area contributed by atoms with Gasteiger partial charge in [-0.25, -0.2) is 0 Å². The van der Waals surface area contributed by atoms with E-state index >= 15 is 0 Å². The van der Waals surface area contributed by atoms with Crippen LogP contribution in [0.2, 0.25) is 0 Å². The van der Waals surface area contributed by atoms with E-state index in [-0.39, 0.29) is 0 Å².